The number of amides is 1. The van der Waals surface area contributed by atoms with E-state index in [1.807, 2.05) is 0 Å². The zero-order valence-corrected chi connectivity index (χ0v) is 18.1. The average Bonchev–Trinajstić information content (AvgIpc) is 2.75. The molecule has 0 spiro atoms. The summed E-state index contributed by atoms with van der Waals surface area (Å²) in [6, 6.07) is 10.4. The number of nitrogens with zero attached hydrogens (tertiary/aromatic N) is 1. The molecule has 32 heavy (non-hydrogen) atoms. The van der Waals surface area contributed by atoms with E-state index >= 15 is 0 Å². The highest BCUT2D eigenvalue weighted by molar-refractivity contribution is 7.89. The van der Waals surface area contributed by atoms with Gasteiger partial charge < -0.3 is 14.8 Å². The van der Waals surface area contributed by atoms with Crippen LogP contribution in [0.5, 0.6) is 0 Å². The van der Waals surface area contributed by atoms with Crippen molar-refractivity contribution < 1.29 is 35.9 Å². The highest BCUT2D eigenvalue weighted by Gasteiger charge is 2.28. The molecule has 1 aliphatic heterocycles. The molecule has 1 aliphatic rings. The lowest BCUT2D eigenvalue weighted by Gasteiger charge is -2.26. The Hall–Kier alpha value is -2.47. The second kappa shape index (κ2) is 9.99. The zero-order chi connectivity index (χ0) is 23.4. The maximum Gasteiger partial charge on any atom is 0.411 e. The van der Waals surface area contributed by atoms with Gasteiger partial charge in [0.1, 0.15) is 6.61 Å². The van der Waals surface area contributed by atoms with Gasteiger partial charge in [-0.15, -0.1) is 0 Å². The maximum atomic E-state index is 12.9. The number of carbonyl (C=O) groups excluding carboxylic acids is 1. The lowest BCUT2D eigenvalue weighted by molar-refractivity contribution is -0.176. The molecule has 7 nitrogen and oxygen atoms in total. The third-order valence-corrected chi connectivity index (χ3v) is 6.71. The molecule has 0 radical (unpaired) electrons. The smallest absolute Gasteiger partial charge is 0.379 e. The van der Waals surface area contributed by atoms with Crippen molar-refractivity contribution in [3.63, 3.8) is 0 Å². The summed E-state index contributed by atoms with van der Waals surface area (Å²) < 4.78 is 73.3. The third-order valence-electron chi connectivity index (χ3n) is 4.82. The summed E-state index contributed by atoms with van der Waals surface area (Å²) in [5, 5.41) is 2.70. The predicted molar refractivity (Wildman–Crippen MR) is 111 cm³/mol. The van der Waals surface area contributed by atoms with Crippen LogP contribution in [0.1, 0.15) is 21.5 Å². The van der Waals surface area contributed by atoms with E-state index in [4.69, 9.17) is 4.74 Å². The summed E-state index contributed by atoms with van der Waals surface area (Å²) in [6.45, 7) is 1.33. The van der Waals surface area contributed by atoms with E-state index in [0.29, 0.717) is 30.0 Å². The monoisotopic (exact) mass is 472 g/mol. The van der Waals surface area contributed by atoms with Gasteiger partial charge >= 0.3 is 6.18 Å². The first-order valence-corrected chi connectivity index (χ1v) is 11.2. The second-order valence-electron chi connectivity index (χ2n) is 7.25. The number of ether oxygens (including phenoxy) is 2. The van der Waals surface area contributed by atoms with Crippen LogP contribution in [0.2, 0.25) is 0 Å². The fourth-order valence-corrected chi connectivity index (χ4v) is 4.50. The van der Waals surface area contributed by atoms with Gasteiger partial charge in [0.05, 0.1) is 24.7 Å². The Kier molecular flexibility index (Phi) is 7.55. The molecule has 0 aromatic heterocycles. The minimum atomic E-state index is -4.40. The van der Waals surface area contributed by atoms with Gasteiger partial charge in [0.2, 0.25) is 10.0 Å². The number of hydrogen-bond acceptors (Lipinski definition) is 5. The Morgan fingerprint density at radius 2 is 1.78 bits per heavy atom. The molecule has 0 unspecified atom stereocenters. The molecule has 1 saturated heterocycles. The van der Waals surface area contributed by atoms with Crippen molar-refractivity contribution >= 4 is 21.6 Å². The zero-order valence-electron chi connectivity index (χ0n) is 17.3. The lowest BCUT2D eigenvalue weighted by Crippen LogP contribution is -2.40. The number of nitrogens with one attached hydrogen (secondary N) is 1. The maximum absolute atomic E-state index is 12.9. The van der Waals surface area contributed by atoms with Gasteiger partial charge in [0, 0.05) is 24.3 Å². The summed E-state index contributed by atoms with van der Waals surface area (Å²) in [6.07, 6.45) is -4.40. The minimum absolute atomic E-state index is 0.0671. The van der Waals surface area contributed by atoms with Gasteiger partial charge in [0.15, 0.2) is 0 Å². The van der Waals surface area contributed by atoms with Crippen LogP contribution in [-0.4, -0.2) is 57.7 Å². The number of anilines is 1. The number of benzene rings is 2. The molecule has 1 fully saturated rings. The van der Waals surface area contributed by atoms with Crippen LogP contribution >= 0.6 is 0 Å². The molecular formula is C21H23F3N2O5S. The highest BCUT2D eigenvalue weighted by atomic mass is 32.2. The van der Waals surface area contributed by atoms with Crippen LogP contribution in [0.15, 0.2) is 47.4 Å². The fourth-order valence-electron chi connectivity index (χ4n) is 3.06. The Balaban J connectivity index is 1.69. The molecule has 1 amide bonds. The van der Waals surface area contributed by atoms with E-state index in [0.717, 1.165) is 0 Å². The number of alkyl halides is 3. The topological polar surface area (TPSA) is 84.9 Å². The lowest BCUT2D eigenvalue weighted by atomic mass is 10.1. The van der Waals surface area contributed by atoms with Crippen LogP contribution in [-0.2, 0) is 26.1 Å². The summed E-state index contributed by atoms with van der Waals surface area (Å²) in [4.78, 5) is 12.7. The van der Waals surface area contributed by atoms with E-state index in [1.165, 1.54) is 40.7 Å². The van der Waals surface area contributed by atoms with Crippen LogP contribution in [0.25, 0.3) is 0 Å². The Labute approximate surface area is 184 Å². The highest BCUT2D eigenvalue weighted by Crippen LogP contribution is 2.24. The number of hydrogen-bond donors (Lipinski definition) is 1. The van der Waals surface area contributed by atoms with Crippen LogP contribution in [0, 0.1) is 6.92 Å². The summed E-state index contributed by atoms with van der Waals surface area (Å²) in [5.74, 6) is -0.475. The number of sulfonamides is 1. The molecule has 0 saturated carbocycles. The summed E-state index contributed by atoms with van der Waals surface area (Å²) >= 11 is 0. The van der Waals surface area contributed by atoms with Crippen molar-refractivity contribution in [3.8, 4) is 0 Å². The first kappa shape index (κ1) is 24.2. The fraction of sp³-hybridized carbons (Fsp3) is 0.381. The number of halogens is 3. The SMILES string of the molecule is Cc1ccc(S(=O)(=O)N2CCOCC2)cc1NC(=O)c1ccc(COCC(F)(F)F)cc1. The van der Waals surface area contributed by atoms with Crippen LogP contribution in [0.3, 0.4) is 0 Å². The number of carbonyl (C=O) groups is 1. The van der Waals surface area contributed by atoms with E-state index in [2.05, 4.69) is 10.1 Å². The van der Waals surface area contributed by atoms with Crippen molar-refractivity contribution in [3.05, 3.63) is 59.2 Å². The van der Waals surface area contributed by atoms with E-state index in [1.54, 1.807) is 13.0 Å². The van der Waals surface area contributed by atoms with Crippen LogP contribution < -0.4 is 5.32 Å². The molecule has 11 heteroatoms. The first-order chi connectivity index (χ1) is 15.1. The van der Waals surface area contributed by atoms with Gasteiger partial charge in [0.25, 0.3) is 5.91 Å². The van der Waals surface area contributed by atoms with Crippen molar-refractivity contribution in [2.45, 2.75) is 24.6 Å². The molecule has 3 rings (SSSR count). The number of rotatable bonds is 7. The largest absolute Gasteiger partial charge is 0.411 e. The molecule has 1 N–H and O–H groups in total. The van der Waals surface area contributed by atoms with Gasteiger partial charge in [-0.2, -0.15) is 17.5 Å². The molecule has 174 valence electrons. The van der Waals surface area contributed by atoms with Gasteiger partial charge in [-0.05, 0) is 42.3 Å². The average molecular weight is 472 g/mol. The molecule has 0 bridgehead atoms. The number of morpholine rings is 1. The first-order valence-electron chi connectivity index (χ1n) is 9.79. The van der Waals surface area contributed by atoms with Crippen molar-refractivity contribution in [2.24, 2.45) is 0 Å². The molecule has 0 aliphatic carbocycles. The van der Waals surface area contributed by atoms with Gasteiger partial charge in [-0.3, -0.25) is 4.79 Å². The van der Waals surface area contributed by atoms with Gasteiger partial charge in [-0.25, -0.2) is 8.42 Å². The predicted octanol–water partition coefficient (Wildman–Crippen LogP) is 3.35. The minimum Gasteiger partial charge on any atom is -0.379 e. The van der Waals surface area contributed by atoms with Gasteiger partial charge in [-0.1, -0.05) is 18.2 Å². The molecule has 2 aromatic rings. The van der Waals surface area contributed by atoms with Crippen molar-refractivity contribution in [1.82, 2.24) is 4.31 Å². The quantitative estimate of drug-likeness (QED) is 0.668. The Morgan fingerprint density at radius 1 is 1.12 bits per heavy atom. The van der Waals surface area contributed by atoms with E-state index < -0.39 is 28.7 Å². The molecular weight excluding hydrogens is 449 g/mol. The summed E-state index contributed by atoms with van der Waals surface area (Å²) in [5.41, 5.74) is 1.78. The molecule has 1 heterocycles. The normalized spacial score (nSPS) is 15.5. The molecule has 2 aromatic carbocycles. The number of aryl methyl sites for hydroxylation is 1. The van der Waals surface area contributed by atoms with E-state index in [-0.39, 0.29) is 30.2 Å². The standard InChI is InChI=1S/C21H23F3N2O5S/c1-15-2-7-18(32(28,29)26-8-10-30-11-9-26)12-19(15)25-20(27)17-5-3-16(4-6-17)13-31-14-21(22,23)24/h2-7,12H,8-11,13-14H2,1H3,(H,25,27). The van der Waals surface area contributed by atoms with E-state index in [9.17, 15) is 26.4 Å². The van der Waals surface area contributed by atoms with Crippen molar-refractivity contribution in [1.29, 1.82) is 0 Å². The van der Waals surface area contributed by atoms with Crippen LogP contribution in [0.4, 0.5) is 18.9 Å². The molecule has 0 atom stereocenters. The Morgan fingerprint density at radius 3 is 2.41 bits per heavy atom. The second-order valence-corrected chi connectivity index (χ2v) is 9.19. The Bertz CT molecular complexity index is 1050. The third kappa shape index (κ3) is 6.28. The summed E-state index contributed by atoms with van der Waals surface area (Å²) in [7, 11) is -3.72. The van der Waals surface area contributed by atoms with Crippen molar-refractivity contribution in [2.75, 3.05) is 38.2 Å².